The molecule has 0 fully saturated rings. The van der Waals surface area contributed by atoms with Crippen LogP contribution in [0.4, 0.5) is 23.1 Å². The van der Waals surface area contributed by atoms with Crippen LogP contribution >= 0.6 is 15.9 Å². The number of hydrogen-bond acceptors (Lipinski definition) is 8. The fourth-order valence-electron chi connectivity index (χ4n) is 3.57. The number of rotatable bonds is 10. The Bertz CT molecular complexity index is 1370. The number of aromatic nitrogens is 2. The molecule has 0 radical (unpaired) electrons. The molecule has 1 atom stereocenters. The minimum atomic E-state index is -0.670. The molecule has 4 aromatic rings. The van der Waals surface area contributed by atoms with Gasteiger partial charge in [-0.25, -0.2) is 4.98 Å². The first-order valence-corrected chi connectivity index (χ1v) is 12.3. The first-order valence-electron chi connectivity index (χ1n) is 11.5. The Kier molecular flexibility index (Phi) is 8.55. The van der Waals surface area contributed by atoms with Crippen LogP contribution in [0.5, 0.6) is 11.5 Å². The topological polar surface area (TPSA) is 134 Å². The zero-order valence-corrected chi connectivity index (χ0v) is 21.7. The van der Waals surface area contributed by atoms with Gasteiger partial charge in [-0.05, 0) is 63.8 Å². The summed E-state index contributed by atoms with van der Waals surface area (Å²) in [5.74, 6) is 1.17. The highest BCUT2D eigenvalue weighted by molar-refractivity contribution is 9.10. The molecular formula is C27H27BrN6O3. The van der Waals surface area contributed by atoms with Gasteiger partial charge in [0, 0.05) is 24.1 Å². The van der Waals surface area contributed by atoms with Gasteiger partial charge < -0.3 is 31.5 Å². The second-order valence-electron chi connectivity index (χ2n) is 8.24. The van der Waals surface area contributed by atoms with E-state index in [0.717, 1.165) is 11.1 Å². The third-order valence-electron chi connectivity index (χ3n) is 5.47. The molecule has 0 spiro atoms. The molecule has 3 aromatic carbocycles. The summed E-state index contributed by atoms with van der Waals surface area (Å²) in [6.45, 7) is 0.455. The van der Waals surface area contributed by atoms with Crippen molar-refractivity contribution in [2.24, 2.45) is 5.73 Å². The smallest absolute Gasteiger partial charge is 0.241 e. The van der Waals surface area contributed by atoms with Crippen LogP contribution in [0.15, 0.2) is 83.5 Å². The third-order valence-corrected chi connectivity index (χ3v) is 6.05. The van der Waals surface area contributed by atoms with Gasteiger partial charge in [-0.3, -0.25) is 4.79 Å². The lowest BCUT2D eigenvalue weighted by Crippen LogP contribution is -2.37. The Morgan fingerprint density at radius 3 is 2.62 bits per heavy atom. The van der Waals surface area contributed by atoms with Crippen LogP contribution in [0.2, 0.25) is 0 Å². The van der Waals surface area contributed by atoms with Gasteiger partial charge in [0.05, 0.1) is 17.6 Å². The minimum Gasteiger partial charge on any atom is -0.504 e. The van der Waals surface area contributed by atoms with E-state index in [4.69, 9.17) is 10.5 Å². The number of nitrogens with zero attached hydrogens (tertiary/aromatic N) is 2. The number of halogens is 1. The fourth-order valence-corrected chi connectivity index (χ4v) is 3.90. The number of hydrogen-bond donors (Lipinski definition) is 5. The van der Waals surface area contributed by atoms with Crippen molar-refractivity contribution in [2.45, 2.75) is 19.0 Å². The number of carbonyl (C=O) groups is 1. The Hall–Kier alpha value is -4.15. The zero-order valence-electron chi connectivity index (χ0n) is 20.1. The summed E-state index contributed by atoms with van der Waals surface area (Å²) >= 11 is 3.47. The number of phenols is 1. The highest BCUT2D eigenvalue weighted by Gasteiger charge is 2.15. The van der Waals surface area contributed by atoms with Crippen LogP contribution < -0.4 is 26.4 Å². The lowest BCUT2D eigenvalue weighted by molar-refractivity contribution is -0.117. The fraction of sp³-hybridized carbons (Fsp3) is 0.148. The Morgan fingerprint density at radius 2 is 1.84 bits per heavy atom. The number of phenolic OH excluding ortho intramolecular Hbond substituents is 1. The molecule has 1 aromatic heterocycles. The number of anilines is 4. The first kappa shape index (κ1) is 25.9. The van der Waals surface area contributed by atoms with Crippen molar-refractivity contribution < 1.29 is 14.6 Å². The predicted molar refractivity (Wildman–Crippen MR) is 148 cm³/mol. The SMILES string of the molecule is COc1cc(CNc2nc(Nc3cccc(NC(=O)C(N)Cc4ccccc4)c3)ncc2Br)ccc1O. The van der Waals surface area contributed by atoms with Gasteiger partial charge in [-0.1, -0.05) is 42.5 Å². The Balaban J connectivity index is 1.39. The van der Waals surface area contributed by atoms with Crippen LogP contribution in [0, 0.1) is 0 Å². The largest absolute Gasteiger partial charge is 0.504 e. The second-order valence-corrected chi connectivity index (χ2v) is 9.10. The van der Waals surface area contributed by atoms with Crippen molar-refractivity contribution in [3.63, 3.8) is 0 Å². The average molecular weight is 563 g/mol. The summed E-state index contributed by atoms with van der Waals surface area (Å²) in [6, 6.07) is 21.4. The number of nitrogens with two attached hydrogens (primary N) is 1. The summed E-state index contributed by atoms with van der Waals surface area (Å²) < 4.78 is 5.86. The van der Waals surface area contributed by atoms with E-state index in [0.29, 0.717) is 46.3 Å². The number of carbonyl (C=O) groups excluding carboxylic acids is 1. The van der Waals surface area contributed by atoms with E-state index in [-0.39, 0.29) is 11.7 Å². The number of nitrogens with one attached hydrogen (secondary N) is 3. The number of benzene rings is 3. The van der Waals surface area contributed by atoms with Gasteiger partial charge in [-0.2, -0.15) is 4.98 Å². The summed E-state index contributed by atoms with van der Waals surface area (Å²) in [4.78, 5) is 21.5. The van der Waals surface area contributed by atoms with Crippen LogP contribution in [0.25, 0.3) is 0 Å². The van der Waals surface area contributed by atoms with Crippen molar-refractivity contribution in [3.8, 4) is 11.5 Å². The maximum Gasteiger partial charge on any atom is 0.241 e. The Morgan fingerprint density at radius 1 is 1.05 bits per heavy atom. The standard InChI is InChI=1S/C27H27BrN6O3/c1-37-24-13-18(10-11-23(24)35)15-30-25-21(28)16-31-27(34-25)33-20-9-5-8-19(14-20)32-26(36)22(29)12-17-6-3-2-4-7-17/h2-11,13-14,16,22,35H,12,15,29H2,1H3,(H,32,36)(H2,30,31,33,34). The van der Waals surface area contributed by atoms with E-state index in [1.165, 1.54) is 7.11 Å². The Labute approximate surface area is 223 Å². The second kappa shape index (κ2) is 12.2. The zero-order chi connectivity index (χ0) is 26.2. The van der Waals surface area contributed by atoms with Crippen molar-refractivity contribution >= 4 is 45.0 Å². The average Bonchev–Trinajstić information content (AvgIpc) is 2.90. The lowest BCUT2D eigenvalue weighted by Gasteiger charge is -2.14. The molecule has 0 bridgehead atoms. The molecule has 0 aliphatic heterocycles. The van der Waals surface area contributed by atoms with Crippen LogP contribution in [0.3, 0.4) is 0 Å². The van der Waals surface area contributed by atoms with Gasteiger partial charge in [-0.15, -0.1) is 0 Å². The number of methoxy groups -OCH3 is 1. The molecule has 0 aliphatic rings. The molecule has 4 rings (SSSR count). The highest BCUT2D eigenvalue weighted by Crippen LogP contribution is 2.28. The van der Waals surface area contributed by atoms with E-state index in [1.54, 1.807) is 36.5 Å². The molecule has 190 valence electrons. The van der Waals surface area contributed by atoms with Crippen molar-refractivity contribution in [2.75, 3.05) is 23.1 Å². The lowest BCUT2D eigenvalue weighted by atomic mass is 10.1. The molecule has 37 heavy (non-hydrogen) atoms. The number of ether oxygens (including phenoxy) is 1. The summed E-state index contributed by atoms with van der Waals surface area (Å²) in [5, 5.41) is 19.1. The van der Waals surface area contributed by atoms with Gasteiger partial charge in [0.2, 0.25) is 11.9 Å². The predicted octanol–water partition coefficient (Wildman–Crippen LogP) is 4.82. The molecular weight excluding hydrogens is 536 g/mol. The van der Waals surface area contributed by atoms with Gasteiger partial charge in [0.25, 0.3) is 0 Å². The summed E-state index contributed by atoms with van der Waals surface area (Å²) in [6.07, 6.45) is 2.09. The molecule has 0 saturated heterocycles. The van der Waals surface area contributed by atoms with E-state index in [9.17, 15) is 9.90 Å². The molecule has 1 heterocycles. The molecule has 0 aliphatic carbocycles. The van der Waals surface area contributed by atoms with Crippen LogP contribution in [0.1, 0.15) is 11.1 Å². The quantitative estimate of drug-likeness (QED) is 0.186. The molecule has 10 heteroatoms. The van der Waals surface area contributed by atoms with E-state index in [2.05, 4.69) is 41.8 Å². The van der Waals surface area contributed by atoms with E-state index >= 15 is 0 Å². The highest BCUT2D eigenvalue weighted by atomic mass is 79.9. The van der Waals surface area contributed by atoms with Gasteiger partial charge >= 0.3 is 0 Å². The maximum absolute atomic E-state index is 12.6. The van der Waals surface area contributed by atoms with Crippen LogP contribution in [-0.2, 0) is 17.8 Å². The molecule has 9 nitrogen and oxygen atoms in total. The summed E-state index contributed by atoms with van der Waals surface area (Å²) in [5.41, 5.74) is 9.32. The van der Waals surface area contributed by atoms with Gasteiger partial charge in [0.1, 0.15) is 5.82 Å². The van der Waals surface area contributed by atoms with E-state index in [1.807, 2.05) is 42.5 Å². The normalized spacial score (nSPS) is 11.4. The van der Waals surface area contributed by atoms with Crippen molar-refractivity contribution in [3.05, 3.63) is 94.6 Å². The van der Waals surface area contributed by atoms with E-state index < -0.39 is 6.04 Å². The monoisotopic (exact) mass is 562 g/mol. The molecule has 0 saturated carbocycles. The first-order chi connectivity index (χ1) is 17.9. The maximum atomic E-state index is 12.6. The number of amides is 1. The summed E-state index contributed by atoms with van der Waals surface area (Å²) in [7, 11) is 1.50. The minimum absolute atomic E-state index is 0.0811. The molecule has 1 amide bonds. The van der Waals surface area contributed by atoms with Gasteiger partial charge in [0.15, 0.2) is 11.5 Å². The molecule has 1 unspecified atom stereocenters. The third kappa shape index (κ3) is 7.18. The van der Waals surface area contributed by atoms with Crippen molar-refractivity contribution in [1.82, 2.24) is 9.97 Å². The van der Waals surface area contributed by atoms with Crippen LogP contribution in [-0.4, -0.2) is 34.1 Å². The number of aromatic hydroxyl groups is 1. The van der Waals surface area contributed by atoms with Crippen molar-refractivity contribution in [1.29, 1.82) is 0 Å². The molecule has 6 N–H and O–H groups in total.